The molecule has 0 aliphatic heterocycles. The largest absolute Gasteiger partial charge is 0.331 e. The number of hydrogen-bond donors (Lipinski definition) is 0. The highest BCUT2D eigenvalue weighted by Crippen LogP contribution is 2.16. The van der Waals surface area contributed by atoms with Gasteiger partial charge < -0.3 is 4.57 Å². The van der Waals surface area contributed by atoms with Crippen LogP contribution in [0.5, 0.6) is 0 Å². The average molecular weight is 292 g/mol. The molecule has 2 rings (SSSR count). The molecule has 4 nitrogen and oxygen atoms in total. The zero-order valence-electron chi connectivity index (χ0n) is 6.23. The van der Waals surface area contributed by atoms with Gasteiger partial charge in [0.2, 0.25) is 5.82 Å². The molecule has 0 amide bonds. The van der Waals surface area contributed by atoms with Crippen LogP contribution in [0, 0.1) is 3.01 Å². The maximum atomic E-state index is 4.22. The minimum absolute atomic E-state index is 0.705. The van der Waals surface area contributed by atoms with Crippen LogP contribution in [0.2, 0.25) is 0 Å². The first-order valence-electron chi connectivity index (χ1n) is 3.24. The number of nitrogens with zero attached hydrogens (tertiary/aromatic N) is 4. The van der Waals surface area contributed by atoms with Gasteiger partial charge in [0, 0.05) is 19.4 Å². The second-order valence-corrected chi connectivity index (χ2v) is 4.74. The Hall–Kier alpha value is -0.500. The van der Waals surface area contributed by atoms with Crippen molar-refractivity contribution in [1.29, 1.82) is 0 Å². The number of imidazole rings is 1. The van der Waals surface area contributed by atoms with E-state index in [1.54, 1.807) is 6.20 Å². The predicted octanol–water partition coefficient (Wildman–Crippen LogP) is 1.54. The Bertz CT molecular complexity index is 394. The smallest absolute Gasteiger partial charge is 0.209 e. The number of halogens is 1. The normalized spacial score (nSPS) is 10.5. The monoisotopic (exact) mass is 292 g/mol. The summed E-state index contributed by atoms with van der Waals surface area (Å²) in [4.78, 5) is 8.37. The number of aromatic nitrogens is 4. The maximum absolute atomic E-state index is 4.22. The summed E-state index contributed by atoms with van der Waals surface area (Å²) in [6, 6.07) is 0. The summed E-state index contributed by atoms with van der Waals surface area (Å²) in [5, 5.41) is 0. The minimum atomic E-state index is 0.705. The van der Waals surface area contributed by atoms with Gasteiger partial charge in [-0.25, -0.2) is 9.97 Å². The van der Waals surface area contributed by atoms with E-state index in [-0.39, 0.29) is 0 Å². The molecule has 0 N–H and O–H groups in total. The first kappa shape index (κ1) is 8.11. The minimum Gasteiger partial charge on any atom is -0.331 e. The molecule has 2 aromatic heterocycles. The van der Waals surface area contributed by atoms with Crippen molar-refractivity contribution in [2.24, 2.45) is 7.05 Å². The Balaban J connectivity index is 2.50. The Morgan fingerprint density at radius 3 is 2.92 bits per heavy atom. The maximum Gasteiger partial charge on any atom is 0.209 e. The molecule has 2 heterocycles. The van der Waals surface area contributed by atoms with Crippen LogP contribution in [0.1, 0.15) is 0 Å². The zero-order chi connectivity index (χ0) is 8.55. The van der Waals surface area contributed by atoms with Crippen molar-refractivity contribution >= 4 is 34.1 Å². The molecule has 0 bridgehead atoms. The predicted molar refractivity (Wildman–Crippen MR) is 54.8 cm³/mol. The molecule has 0 saturated carbocycles. The molecular weight excluding hydrogens is 287 g/mol. The highest BCUT2D eigenvalue weighted by atomic mass is 127. The van der Waals surface area contributed by atoms with Gasteiger partial charge in [-0.2, -0.15) is 4.37 Å². The molecule has 0 saturated heterocycles. The van der Waals surface area contributed by atoms with Gasteiger partial charge in [0.05, 0.1) is 0 Å². The van der Waals surface area contributed by atoms with Crippen molar-refractivity contribution < 1.29 is 0 Å². The third kappa shape index (κ3) is 1.36. The summed E-state index contributed by atoms with van der Waals surface area (Å²) in [5.41, 5.74) is 0. The molecule has 2 aromatic rings. The fourth-order valence-electron chi connectivity index (χ4n) is 0.877. The first-order chi connectivity index (χ1) is 5.77. The Morgan fingerprint density at radius 2 is 2.42 bits per heavy atom. The summed E-state index contributed by atoms with van der Waals surface area (Å²) in [7, 11) is 1.93. The van der Waals surface area contributed by atoms with Crippen LogP contribution in [0.4, 0.5) is 0 Å². The van der Waals surface area contributed by atoms with Gasteiger partial charge in [0.1, 0.15) is 0 Å². The van der Waals surface area contributed by atoms with E-state index in [0.717, 1.165) is 8.84 Å². The molecule has 0 fully saturated rings. The van der Waals surface area contributed by atoms with Crippen molar-refractivity contribution in [3.8, 4) is 11.6 Å². The van der Waals surface area contributed by atoms with Crippen molar-refractivity contribution in [2.75, 3.05) is 0 Å². The number of rotatable bonds is 1. The lowest BCUT2D eigenvalue weighted by Gasteiger charge is -1.93. The molecule has 0 aliphatic carbocycles. The summed E-state index contributed by atoms with van der Waals surface area (Å²) < 4.78 is 7.00. The standard InChI is InChI=1S/C6H5IN4S/c1-11-3-2-8-5(11)4-9-6(7)12-10-4/h2-3H,1H3. The lowest BCUT2D eigenvalue weighted by atomic mass is 10.6. The van der Waals surface area contributed by atoms with E-state index in [9.17, 15) is 0 Å². The van der Waals surface area contributed by atoms with Crippen molar-refractivity contribution in [3.05, 3.63) is 15.4 Å². The third-order valence-corrected chi connectivity index (χ3v) is 2.76. The van der Waals surface area contributed by atoms with Crippen molar-refractivity contribution in [2.45, 2.75) is 0 Å². The van der Waals surface area contributed by atoms with Crippen LogP contribution < -0.4 is 0 Å². The number of aryl methyl sites for hydroxylation is 1. The molecule has 0 unspecified atom stereocenters. The Kier molecular flexibility index (Phi) is 2.09. The van der Waals surface area contributed by atoms with Crippen LogP contribution >= 0.6 is 34.1 Å². The van der Waals surface area contributed by atoms with E-state index < -0.39 is 0 Å². The second kappa shape index (κ2) is 3.09. The highest BCUT2D eigenvalue weighted by molar-refractivity contribution is 14.1. The molecule has 12 heavy (non-hydrogen) atoms. The average Bonchev–Trinajstić information content (AvgIpc) is 2.58. The van der Waals surface area contributed by atoms with Gasteiger partial charge in [-0.15, -0.1) is 0 Å². The van der Waals surface area contributed by atoms with Crippen molar-refractivity contribution in [3.63, 3.8) is 0 Å². The lowest BCUT2D eigenvalue weighted by molar-refractivity contribution is 0.913. The van der Waals surface area contributed by atoms with Gasteiger partial charge in [-0.1, -0.05) is 0 Å². The number of hydrogen-bond acceptors (Lipinski definition) is 4. The molecule has 0 aromatic carbocycles. The van der Waals surface area contributed by atoms with Gasteiger partial charge in [0.15, 0.2) is 8.84 Å². The van der Waals surface area contributed by atoms with Crippen LogP contribution in [0.15, 0.2) is 12.4 Å². The van der Waals surface area contributed by atoms with E-state index in [1.165, 1.54) is 11.5 Å². The van der Waals surface area contributed by atoms with E-state index in [0.29, 0.717) is 5.82 Å². The SMILES string of the molecule is Cn1ccnc1-c1nsc(I)n1. The van der Waals surface area contributed by atoms with Gasteiger partial charge in [-0.05, 0) is 34.1 Å². The quantitative estimate of drug-likeness (QED) is 0.749. The van der Waals surface area contributed by atoms with Crippen molar-refractivity contribution in [1.82, 2.24) is 18.9 Å². The third-order valence-electron chi connectivity index (χ3n) is 1.42. The van der Waals surface area contributed by atoms with E-state index in [2.05, 4.69) is 36.9 Å². The van der Waals surface area contributed by atoms with E-state index in [1.807, 2.05) is 17.8 Å². The molecule has 0 radical (unpaired) electrons. The molecule has 0 spiro atoms. The van der Waals surface area contributed by atoms with Crippen LogP contribution in [0.25, 0.3) is 11.6 Å². The van der Waals surface area contributed by atoms with Crippen LogP contribution in [0.3, 0.4) is 0 Å². The summed E-state index contributed by atoms with van der Waals surface area (Å²) in [6.45, 7) is 0. The van der Waals surface area contributed by atoms with Crippen LogP contribution in [-0.2, 0) is 7.05 Å². The van der Waals surface area contributed by atoms with Crippen LogP contribution in [-0.4, -0.2) is 18.9 Å². The molecule has 62 valence electrons. The van der Waals surface area contributed by atoms with E-state index in [4.69, 9.17) is 0 Å². The molecule has 6 heteroatoms. The highest BCUT2D eigenvalue weighted by Gasteiger charge is 2.08. The fourth-order valence-corrected chi connectivity index (χ4v) is 1.81. The van der Waals surface area contributed by atoms with Gasteiger partial charge >= 0.3 is 0 Å². The summed E-state index contributed by atoms with van der Waals surface area (Å²) in [5.74, 6) is 1.52. The fraction of sp³-hybridized carbons (Fsp3) is 0.167. The molecular formula is C6H5IN4S. The van der Waals surface area contributed by atoms with Gasteiger partial charge in [-0.3, -0.25) is 0 Å². The second-order valence-electron chi connectivity index (χ2n) is 2.23. The first-order valence-corrected chi connectivity index (χ1v) is 5.09. The topological polar surface area (TPSA) is 43.6 Å². The van der Waals surface area contributed by atoms with Gasteiger partial charge in [0.25, 0.3) is 0 Å². The summed E-state index contributed by atoms with van der Waals surface area (Å²) >= 11 is 3.53. The Labute approximate surface area is 87.0 Å². The summed E-state index contributed by atoms with van der Waals surface area (Å²) in [6.07, 6.45) is 3.62. The molecule has 0 aliphatic rings. The lowest BCUT2D eigenvalue weighted by Crippen LogP contribution is -1.92. The zero-order valence-corrected chi connectivity index (χ0v) is 9.20. The van der Waals surface area contributed by atoms with E-state index >= 15 is 0 Å². The molecule has 0 atom stereocenters. The Morgan fingerprint density at radius 1 is 1.58 bits per heavy atom.